The van der Waals surface area contributed by atoms with Crippen LogP contribution in [-0.4, -0.2) is 14.9 Å². The van der Waals surface area contributed by atoms with E-state index in [1.165, 1.54) is 6.07 Å². The van der Waals surface area contributed by atoms with Crippen molar-refractivity contribution < 1.29 is 9.50 Å². The Bertz CT molecular complexity index is 561. The predicted molar refractivity (Wildman–Crippen MR) is 67.6 cm³/mol. The van der Waals surface area contributed by atoms with Crippen LogP contribution >= 0.6 is 0 Å². The molecule has 1 aromatic heterocycles. The molecule has 2 aromatic rings. The average Bonchev–Trinajstić information content (AvgIpc) is 2.67. The van der Waals surface area contributed by atoms with Gasteiger partial charge in [-0.2, -0.15) is 5.10 Å². The van der Waals surface area contributed by atoms with Gasteiger partial charge in [-0.1, -0.05) is 12.1 Å². The van der Waals surface area contributed by atoms with Gasteiger partial charge in [-0.3, -0.25) is 4.68 Å². The van der Waals surface area contributed by atoms with Crippen molar-refractivity contribution in [1.82, 2.24) is 9.78 Å². The summed E-state index contributed by atoms with van der Waals surface area (Å²) in [7, 11) is 1.82. The third-order valence-electron chi connectivity index (χ3n) is 3.10. The van der Waals surface area contributed by atoms with Gasteiger partial charge in [-0.25, -0.2) is 4.39 Å². The van der Waals surface area contributed by atoms with E-state index in [1.807, 2.05) is 13.2 Å². The molecule has 0 aliphatic rings. The summed E-state index contributed by atoms with van der Waals surface area (Å²) in [6, 6.07) is 4.84. The van der Waals surface area contributed by atoms with E-state index in [-0.39, 0.29) is 5.82 Å². The molecule has 1 N–H and O–H groups in total. The van der Waals surface area contributed by atoms with E-state index in [9.17, 15) is 9.50 Å². The maximum Gasteiger partial charge on any atom is 0.126 e. The Morgan fingerprint density at radius 1 is 1.44 bits per heavy atom. The summed E-state index contributed by atoms with van der Waals surface area (Å²) >= 11 is 0. The summed E-state index contributed by atoms with van der Waals surface area (Å²) < 4.78 is 15.2. The minimum Gasteiger partial charge on any atom is -0.385 e. The zero-order chi connectivity index (χ0) is 13.3. The molecule has 0 saturated heterocycles. The highest BCUT2D eigenvalue weighted by Crippen LogP contribution is 2.26. The molecule has 4 heteroatoms. The first-order valence-electron chi connectivity index (χ1n) is 5.85. The van der Waals surface area contributed by atoms with Crippen LogP contribution in [0.15, 0.2) is 30.6 Å². The summed E-state index contributed by atoms with van der Waals surface area (Å²) in [5.41, 5.74) is 0.978. The zero-order valence-corrected chi connectivity index (χ0v) is 10.8. The van der Waals surface area contributed by atoms with Gasteiger partial charge in [0.1, 0.15) is 5.82 Å². The fraction of sp³-hybridized carbons (Fsp3) is 0.357. The van der Waals surface area contributed by atoms with Crippen molar-refractivity contribution in [2.45, 2.75) is 25.9 Å². The molecule has 0 amide bonds. The molecule has 0 fully saturated rings. The van der Waals surface area contributed by atoms with Crippen molar-refractivity contribution in [2.24, 2.45) is 7.05 Å². The second kappa shape index (κ2) is 4.53. The minimum atomic E-state index is -1.10. The van der Waals surface area contributed by atoms with Gasteiger partial charge in [0.25, 0.3) is 0 Å². The van der Waals surface area contributed by atoms with E-state index in [0.29, 0.717) is 17.5 Å². The summed E-state index contributed by atoms with van der Waals surface area (Å²) in [5, 5.41) is 14.5. The maximum absolute atomic E-state index is 13.5. The molecule has 0 saturated carbocycles. The lowest BCUT2D eigenvalue weighted by atomic mass is 9.89. The predicted octanol–water partition coefficient (Wildman–Crippen LogP) is 2.32. The quantitative estimate of drug-likeness (QED) is 0.905. The zero-order valence-electron chi connectivity index (χ0n) is 10.8. The molecule has 3 nitrogen and oxygen atoms in total. The highest BCUT2D eigenvalue weighted by atomic mass is 19.1. The first kappa shape index (κ1) is 12.8. The van der Waals surface area contributed by atoms with Crippen LogP contribution in [0.1, 0.15) is 23.6 Å². The lowest BCUT2D eigenvalue weighted by Crippen LogP contribution is -2.24. The first-order chi connectivity index (χ1) is 8.38. The summed E-state index contributed by atoms with van der Waals surface area (Å²) in [4.78, 5) is 0. The van der Waals surface area contributed by atoms with Crippen LogP contribution in [0.25, 0.3) is 0 Å². The van der Waals surface area contributed by atoms with Gasteiger partial charge in [0.05, 0.1) is 11.8 Å². The largest absolute Gasteiger partial charge is 0.385 e. The van der Waals surface area contributed by atoms with Gasteiger partial charge < -0.3 is 5.11 Å². The van der Waals surface area contributed by atoms with E-state index >= 15 is 0 Å². The molecule has 1 heterocycles. The van der Waals surface area contributed by atoms with E-state index in [4.69, 9.17) is 0 Å². The Morgan fingerprint density at radius 2 is 2.17 bits per heavy atom. The van der Waals surface area contributed by atoms with Gasteiger partial charge in [0, 0.05) is 19.7 Å². The maximum atomic E-state index is 13.5. The molecule has 0 aliphatic heterocycles. The lowest BCUT2D eigenvalue weighted by molar-refractivity contribution is 0.0572. The van der Waals surface area contributed by atoms with Gasteiger partial charge in [-0.15, -0.1) is 0 Å². The monoisotopic (exact) mass is 248 g/mol. The summed E-state index contributed by atoms with van der Waals surface area (Å²) in [6.07, 6.45) is 3.96. The number of nitrogens with zero attached hydrogens (tertiary/aromatic N) is 2. The molecule has 1 aromatic carbocycles. The van der Waals surface area contributed by atoms with Crippen LogP contribution in [-0.2, 0) is 19.1 Å². The Balaban J connectivity index is 2.26. The lowest BCUT2D eigenvalue weighted by Gasteiger charge is -2.23. The van der Waals surface area contributed by atoms with Gasteiger partial charge >= 0.3 is 0 Å². The number of aryl methyl sites for hydroxylation is 2. The normalized spacial score (nSPS) is 14.5. The molecule has 0 bridgehead atoms. The fourth-order valence-electron chi connectivity index (χ4n) is 1.99. The SMILES string of the molecule is Cc1ccc(C(C)(O)Cc2cnn(C)c2)cc1F. The Labute approximate surface area is 106 Å². The number of hydrogen-bond donors (Lipinski definition) is 1. The van der Waals surface area contributed by atoms with Gasteiger partial charge in [-0.05, 0) is 36.6 Å². The minimum absolute atomic E-state index is 0.293. The van der Waals surface area contributed by atoms with Crippen LogP contribution in [0.5, 0.6) is 0 Å². The second-order valence-electron chi connectivity index (χ2n) is 4.94. The highest BCUT2D eigenvalue weighted by Gasteiger charge is 2.24. The van der Waals surface area contributed by atoms with Crippen LogP contribution < -0.4 is 0 Å². The smallest absolute Gasteiger partial charge is 0.126 e. The highest BCUT2D eigenvalue weighted by molar-refractivity contribution is 5.29. The molecular formula is C14H17FN2O. The molecule has 2 rings (SSSR count). The molecule has 96 valence electrons. The van der Waals surface area contributed by atoms with Gasteiger partial charge in [0.2, 0.25) is 0 Å². The van der Waals surface area contributed by atoms with Crippen molar-refractivity contribution >= 4 is 0 Å². The number of benzene rings is 1. The Morgan fingerprint density at radius 3 is 2.72 bits per heavy atom. The molecule has 1 atom stereocenters. The number of hydrogen-bond acceptors (Lipinski definition) is 2. The Kier molecular flexibility index (Phi) is 3.22. The first-order valence-corrected chi connectivity index (χ1v) is 5.85. The standard InChI is InChI=1S/C14H17FN2O/c1-10-4-5-12(6-13(10)15)14(2,18)7-11-8-16-17(3)9-11/h4-6,8-9,18H,7H2,1-3H3. The van der Waals surface area contributed by atoms with E-state index in [0.717, 1.165) is 5.56 Å². The van der Waals surface area contributed by atoms with Crippen LogP contribution in [0.4, 0.5) is 4.39 Å². The van der Waals surface area contributed by atoms with Crippen LogP contribution in [0, 0.1) is 12.7 Å². The van der Waals surface area contributed by atoms with Gasteiger partial charge in [0.15, 0.2) is 0 Å². The topological polar surface area (TPSA) is 38.1 Å². The molecule has 0 aliphatic carbocycles. The van der Waals surface area contributed by atoms with Crippen LogP contribution in [0.3, 0.4) is 0 Å². The van der Waals surface area contributed by atoms with Crippen molar-refractivity contribution in [2.75, 3.05) is 0 Å². The average molecular weight is 248 g/mol. The summed E-state index contributed by atoms with van der Waals surface area (Å²) in [5.74, 6) is -0.293. The number of aliphatic hydroxyl groups is 1. The molecule has 0 spiro atoms. The van der Waals surface area contributed by atoms with Crippen LogP contribution in [0.2, 0.25) is 0 Å². The van der Waals surface area contributed by atoms with Crippen molar-refractivity contribution in [3.63, 3.8) is 0 Å². The Hall–Kier alpha value is -1.68. The number of aromatic nitrogens is 2. The molecule has 1 unspecified atom stereocenters. The third-order valence-corrected chi connectivity index (χ3v) is 3.10. The number of rotatable bonds is 3. The molecule has 0 radical (unpaired) electrons. The second-order valence-corrected chi connectivity index (χ2v) is 4.94. The van der Waals surface area contributed by atoms with E-state index in [1.54, 1.807) is 36.9 Å². The van der Waals surface area contributed by atoms with E-state index in [2.05, 4.69) is 5.10 Å². The summed E-state index contributed by atoms with van der Waals surface area (Å²) in [6.45, 7) is 3.39. The molecule has 18 heavy (non-hydrogen) atoms. The fourth-order valence-corrected chi connectivity index (χ4v) is 1.99. The van der Waals surface area contributed by atoms with E-state index < -0.39 is 5.60 Å². The van der Waals surface area contributed by atoms with Crippen molar-refractivity contribution in [3.05, 3.63) is 53.1 Å². The number of halogens is 1. The van der Waals surface area contributed by atoms with Crippen molar-refractivity contribution in [3.8, 4) is 0 Å². The molecular weight excluding hydrogens is 231 g/mol. The van der Waals surface area contributed by atoms with Crippen molar-refractivity contribution in [1.29, 1.82) is 0 Å². The third kappa shape index (κ3) is 2.59.